The average Bonchev–Trinajstić information content (AvgIpc) is 2.79. The van der Waals surface area contributed by atoms with Crippen LogP contribution in [-0.2, 0) is 0 Å². The van der Waals surface area contributed by atoms with Gasteiger partial charge < -0.3 is 5.84 Å². The van der Waals surface area contributed by atoms with Crippen molar-refractivity contribution in [3.05, 3.63) is 10.4 Å². The zero-order valence-electron chi connectivity index (χ0n) is 15.4. The van der Waals surface area contributed by atoms with Crippen LogP contribution < -0.4 is 5.84 Å². The van der Waals surface area contributed by atoms with Crippen LogP contribution in [0, 0.1) is 0 Å². The van der Waals surface area contributed by atoms with Gasteiger partial charge in [-0.15, -0.1) is 5.53 Å². The van der Waals surface area contributed by atoms with E-state index in [1.54, 1.807) is 6.92 Å². The number of hydrogen-bond acceptors (Lipinski definition) is 3. The smallest absolute Gasteiger partial charge is 0.124 e. The minimum atomic E-state index is 0.460. The highest BCUT2D eigenvalue weighted by Gasteiger charge is 1.73. The fourth-order valence-electron chi connectivity index (χ4n) is 0.467. The third-order valence-corrected chi connectivity index (χ3v) is 1.20. The van der Waals surface area contributed by atoms with Crippen LogP contribution in [0.3, 0.4) is 0 Å². The maximum atomic E-state index is 7.83. The van der Waals surface area contributed by atoms with Crippen molar-refractivity contribution in [3.63, 3.8) is 0 Å². The van der Waals surface area contributed by atoms with Crippen LogP contribution in [0.5, 0.6) is 0 Å². The zero-order valence-corrected chi connectivity index (χ0v) is 15.4. The van der Waals surface area contributed by atoms with Crippen LogP contribution in [0.4, 0.5) is 0 Å². The molecule has 28 heteroatoms. The van der Waals surface area contributed by atoms with Crippen molar-refractivity contribution < 1.29 is 0 Å². The molecule has 0 aromatic carbocycles. The van der Waals surface area contributed by atoms with E-state index >= 15 is 0 Å². The first-order chi connectivity index (χ1) is 15.3. The van der Waals surface area contributed by atoms with E-state index in [-0.39, 0.29) is 0 Å². The molecule has 0 aliphatic carbocycles. The van der Waals surface area contributed by atoms with Gasteiger partial charge in [-0.3, -0.25) is 0 Å². The van der Waals surface area contributed by atoms with Gasteiger partial charge in [-0.2, -0.15) is 15.1 Å². The van der Waals surface area contributed by atoms with Crippen molar-refractivity contribution in [2.45, 2.75) is 6.92 Å². The monoisotopic (exact) mass is 438 g/mol. The predicted octanol–water partition coefficient (Wildman–Crippen LogP) is 5.30. The maximum absolute atomic E-state index is 7.83. The summed E-state index contributed by atoms with van der Waals surface area (Å²) in [6, 6.07) is 0. The highest BCUT2D eigenvalue weighted by atomic mass is 15.7. The molecular weight excluding hydrogens is 428 g/mol. The van der Waals surface area contributed by atoms with Crippen molar-refractivity contribution in [1.29, 1.82) is 0 Å². The Labute approximate surface area is 168 Å². The summed E-state index contributed by atoms with van der Waals surface area (Å²) in [6.07, 6.45) is 0. The molecule has 0 unspecified atom stereocenters. The second-order valence-electron chi connectivity index (χ2n) is 2.83. The first kappa shape index (κ1) is 27.5. The van der Waals surface area contributed by atoms with Crippen LogP contribution in [0.25, 0.3) is 10.4 Å². The van der Waals surface area contributed by atoms with Gasteiger partial charge in [0.25, 0.3) is 0 Å². The van der Waals surface area contributed by atoms with E-state index < -0.39 is 0 Å². The predicted molar refractivity (Wildman–Crippen MR) is 88.1 cm³/mol. The van der Waals surface area contributed by atoms with Gasteiger partial charge in [0, 0.05) is 57.5 Å². The molecule has 0 heterocycles. The lowest BCUT2D eigenvalue weighted by molar-refractivity contribution is 0.734. The van der Waals surface area contributed by atoms with Crippen molar-refractivity contribution in [1.82, 2.24) is 0 Å². The minimum absolute atomic E-state index is 0.460. The van der Waals surface area contributed by atoms with Gasteiger partial charge in [-0.25, -0.2) is 0 Å². The Morgan fingerprint density at radius 1 is 0.548 bits per heavy atom. The Balaban J connectivity index is 0. The largest absolute Gasteiger partial charge is 0.305 e. The van der Waals surface area contributed by atoms with Gasteiger partial charge in [0.05, 0.1) is 18.8 Å². The molecule has 31 heavy (non-hydrogen) atoms. The summed E-state index contributed by atoms with van der Waals surface area (Å²) < 4.78 is 0. The Hall–Kier alpha value is -5.69. The van der Waals surface area contributed by atoms with Crippen LogP contribution >= 0.6 is 0 Å². The molecule has 28 nitrogen and oxygen atoms in total. The molecule has 0 fully saturated rings. The van der Waals surface area contributed by atoms with Crippen molar-refractivity contribution in [2.75, 3.05) is 13.6 Å². The summed E-state index contributed by atoms with van der Waals surface area (Å²) in [5.74, 6) is 4.49. The SMILES string of the molecule is CCN=N/N=N/N=N/N=N/N=N/N=N/N=N/N=N/N=N/N=N/N=N/N=[N+]=[N-].CN=NN. The van der Waals surface area contributed by atoms with Gasteiger partial charge >= 0.3 is 0 Å². The molecule has 162 valence electrons. The fourth-order valence-corrected chi connectivity index (χ4v) is 0.467. The number of rotatable bonds is 12. The summed E-state index contributed by atoms with van der Waals surface area (Å²) in [4.78, 5) is 2.25. The molecule has 0 saturated heterocycles. The number of nitrogens with zero attached hydrogens (tertiary/aromatic N) is 27. The van der Waals surface area contributed by atoms with Crippen LogP contribution in [0.1, 0.15) is 6.92 Å². The second kappa shape index (κ2) is 29.1. The van der Waals surface area contributed by atoms with Crippen LogP contribution in [0.15, 0.2) is 130 Å². The topological polar surface area (TPSA) is 371 Å². The summed E-state index contributed by atoms with van der Waals surface area (Å²) in [7, 11) is 1.51. The van der Waals surface area contributed by atoms with Crippen LogP contribution in [0.2, 0.25) is 0 Å². The molecular formula is C3H10N28. The normalized spacial score (nSPS) is 13.5. The quantitative estimate of drug-likeness (QED) is 0.137. The average molecular weight is 438 g/mol. The summed E-state index contributed by atoms with van der Waals surface area (Å²) in [5, 5.41) is 75.2. The fraction of sp³-hybridized carbons (Fsp3) is 1.00. The highest BCUT2D eigenvalue weighted by Crippen LogP contribution is 1.90. The van der Waals surface area contributed by atoms with Crippen LogP contribution in [-0.4, -0.2) is 13.6 Å². The van der Waals surface area contributed by atoms with Crippen molar-refractivity contribution in [2.24, 2.45) is 136 Å². The highest BCUT2D eigenvalue weighted by molar-refractivity contribution is 4.31. The maximum Gasteiger partial charge on any atom is 0.124 e. The van der Waals surface area contributed by atoms with E-state index in [1.807, 2.05) is 0 Å². The van der Waals surface area contributed by atoms with E-state index in [2.05, 4.69) is 141 Å². The van der Waals surface area contributed by atoms with E-state index in [0.29, 0.717) is 6.54 Å². The Bertz CT molecular complexity index is 795. The van der Waals surface area contributed by atoms with Gasteiger partial charge in [-0.1, -0.05) is 5.22 Å². The van der Waals surface area contributed by atoms with Crippen molar-refractivity contribution in [3.8, 4) is 0 Å². The Morgan fingerprint density at radius 2 is 0.806 bits per heavy atom. The molecule has 0 aromatic rings. The summed E-state index contributed by atoms with van der Waals surface area (Å²) in [6.45, 7) is 2.22. The lowest BCUT2D eigenvalue weighted by Crippen LogP contribution is -1.70. The standard InChI is InChI=1S/C2H5N25.CH5N3/c1-2-4-6-8-10-12-14-16-18-20-22-24-26-27-25-23-21-19-17-15-13-11-9-7-5-3;1-3-4-2/h2H2,1H3;1H3,(H2,2,3)/b6-4?,10-8+,11-9+,14-12+,15-13+,18-16+,19-17+,22-20+,23-21+,26-24+,27-25+;. The van der Waals surface area contributed by atoms with E-state index in [4.69, 9.17) is 5.53 Å². The molecule has 0 spiro atoms. The second-order valence-corrected chi connectivity index (χ2v) is 2.83. The first-order valence-corrected chi connectivity index (χ1v) is 6.73. The Kier molecular flexibility index (Phi) is 25.8. The molecule has 0 amide bonds. The van der Waals surface area contributed by atoms with E-state index in [9.17, 15) is 0 Å². The number of nitrogens with two attached hydrogens (primary N) is 1. The molecule has 0 aliphatic rings. The van der Waals surface area contributed by atoms with Gasteiger partial charge in [-0.05, 0) is 48.7 Å². The van der Waals surface area contributed by atoms with Gasteiger partial charge in [0.2, 0.25) is 0 Å². The molecule has 0 aromatic heterocycles. The third kappa shape index (κ3) is 32.5. The summed E-state index contributed by atoms with van der Waals surface area (Å²) in [5.41, 5.74) is 7.83. The molecule has 0 rings (SSSR count). The van der Waals surface area contributed by atoms with E-state index in [0.717, 1.165) is 0 Å². The molecule has 0 saturated carbocycles. The first-order valence-electron chi connectivity index (χ1n) is 6.73. The van der Waals surface area contributed by atoms with Gasteiger partial charge in [0.1, 0.15) is 10.4 Å². The third-order valence-electron chi connectivity index (χ3n) is 1.20. The lowest BCUT2D eigenvalue weighted by Gasteiger charge is -1.71. The van der Waals surface area contributed by atoms with Gasteiger partial charge in [0.15, 0.2) is 0 Å². The summed E-state index contributed by atoms with van der Waals surface area (Å²) >= 11 is 0. The Morgan fingerprint density at radius 3 is 1.03 bits per heavy atom. The molecule has 2 N–H and O–H groups in total. The van der Waals surface area contributed by atoms with E-state index in [1.165, 1.54) is 7.05 Å². The molecule has 0 atom stereocenters. The molecule has 0 bridgehead atoms. The number of azide groups is 1. The number of hydrogen-bond donors (Lipinski definition) is 1. The molecule has 0 aliphatic heterocycles. The molecule has 0 radical (unpaired) electrons. The zero-order chi connectivity index (χ0) is 23.1. The van der Waals surface area contributed by atoms with Crippen molar-refractivity contribution >= 4 is 0 Å². The lowest BCUT2D eigenvalue weighted by atomic mass is 10.8. The minimum Gasteiger partial charge on any atom is -0.305 e.